The molecule has 2 unspecified atom stereocenters. The Morgan fingerprint density at radius 1 is 1.00 bits per heavy atom. The van der Waals surface area contributed by atoms with Crippen LogP contribution in [0, 0.1) is 0 Å². The summed E-state index contributed by atoms with van der Waals surface area (Å²) < 4.78 is 0. The van der Waals surface area contributed by atoms with Crippen molar-refractivity contribution in [2.75, 3.05) is 18.6 Å². The van der Waals surface area contributed by atoms with E-state index in [-0.39, 0.29) is 29.2 Å². The van der Waals surface area contributed by atoms with Gasteiger partial charge in [0.2, 0.25) is 23.6 Å². The highest BCUT2D eigenvalue weighted by Gasteiger charge is 2.21. The average molecular weight is 304 g/mol. The molecular formula is C11H20N4O4S. The largest absolute Gasteiger partial charge is 0.368 e. The second-order valence-electron chi connectivity index (χ2n) is 4.06. The van der Waals surface area contributed by atoms with Crippen LogP contribution in [-0.4, -0.2) is 54.3 Å². The zero-order chi connectivity index (χ0) is 15.7. The van der Waals surface area contributed by atoms with Crippen LogP contribution in [0.4, 0.5) is 0 Å². The maximum absolute atomic E-state index is 11.5. The van der Waals surface area contributed by atoms with Gasteiger partial charge in [-0.2, -0.15) is 11.8 Å². The number of amides is 4. The minimum absolute atomic E-state index is 0.224. The quantitative estimate of drug-likeness (QED) is 0.410. The minimum Gasteiger partial charge on any atom is -0.368 e. The third-order valence-corrected chi connectivity index (χ3v) is 3.37. The van der Waals surface area contributed by atoms with Crippen molar-refractivity contribution in [1.29, 1.82) is 0 Å². The van der Waals surface area contributed by atoms with Gasteiger partial charge in [-0.25, -0.2) is 0 Å². The van der Waals surface area contributed by atoms with Gasteiger partial charge in [0.1, 0.15) is 12.1 Å². The number of thioether (sulfide) groups is 1. The number of primary amides is 1. The van der Waals surface area contributed by atoms with E-state index < -0.39 is 18.0 Å². The van der Waals surface area contributed by atoms with Crippen LogP contribution < -0.4 is 21.7 Å². The first-order valence-corrected chi connectivity index (χ1v) is 7.06. The number of nitrogens with one attached hydrogen (secondary N) is 3. The van der Waals surface area contributed by atoms with Crippen molar-refractivity contribution in [2.24, 2.45) is 5.73 Å². The first-order chi connectivity index (χ1) is 9.27. The Kier molecular flexibility index (Phi) is 8.37. The van der Waals surface area contributed by atoms with Gasteiger partial charge >= 0.3 is 0 Å². The Bertz CT molecular complexity index is 389. The Morgan fingerprint density at radius 2 is 1.45 bits per heavy atom. The summed E-state index contributed by atoms with van der Waals surface area (Å²) >= 11 is 1.23. The highest BCUT2D eigenvalue weighted by Crippen LogP contribution is 2.06. The van der Waals surface area contributed by atoms with Crippen LogP contribution in [-0.2, 0) is 19.2 Å². The third kappa shape index (κ3) is 7.62. The van der Waals surface area contributed by atoms with Gasteiger partial charge in [-0.15, -0.1) is 0 Å². The van der Waals surface area contributed by atoms with Crippen LogP contribution in [0.1, 0.15) is 13.8 Å². The van der Waals surface area contributed by atoms with Gasteiger partial charge in [-0.05, 0) is 0 Å². The molecular weight excluding hydrogens is 284 g/mol. The fourth-order valence-corrected chi connectivity index (χ4v) is 2.44. The number of rotatable bonds is 8. The van der Waals surface area contributed by atoms with E-state index >= 15 is 0 Å². The Labute approximate surface area is 121 Å². The fraction of sp³-hybridized carbons (Fsp3) is 0.636. The number of likely N-dealkylation sites (N-methyl/N-ethyl adjacent to an activating group) is 1. The smallest absolute Gasteiger partial charge is 0.243 e. The Balaban J connectivity index is 4.39. The summed E-state index contributed by atoms with van der Waals surface area (Å²) in [6.07, 6.45) is 0. The second kappa shape index (κ2) is 9.18. The molecule has 0 saturated heterocycles. The Morgan fingerprint density at radius 3 is 1.85 bits per heavy atom. The van der Waals surface area contributed by atoms with Crippen molar-refractivity contribution in [2.45, 2.75) is 25.9 Å². The number of carbonyl (C=O) groups excluding carboxylic acids is 4. The van der Waals surface area contributed by atoms with Crippen LogP contribution in [0.5, 0.6) is 0 Å². The van der Waals surface area contributed by atoms with Crippen LogP contribution in [0.2, 0.25) is 0 Å². The normalized spacial score (nSPS) is 12.9. The molecule has 0 aromatic carbocycles. The van der Waals surface area contributed by atoms with Crippen LogP contribution >= 0.6 is 11.8 Å². The first kappa shape index (κ1) is 18.2. The SMILES string of the molecule is CNC(=O)C(CSCC(NC(C)=O)C(N)=O)NC(C)=O. The first-order valence-electron chi connectivity index (χ1n) is 5.90. The van der Waals surface area contributed by atoms with Crippen molar-refractivity contribution in [3.8, 4) is 0 Å². The molecule has 5 N–H and O–H groups in total. The van der Waals surface area contributed by atoms with Crippen LogP contribution in [0.15, 0.2) is 0 Å². The second-order valence-corrected chi connectivity index (χ2v) is 5.14. The molecule has 114 valence electrons. The lowest BCUT2D eigenvalue weighted by atomic mass is 10.3. The lowest BCUT2D eigenvalue weighted by Crippen LogP contribution is -2.48. The van der Waals surface area contributed by atoms with E-state index in [4.69, 9.17) is 5.73 Å². The number of nitrogens with two attached hydrogens (primary N) is 1. The topological polar surface area (TPSA) is 130 Å². The summed E-state index contributed by atoms with van der Waals surface area (Å²) in [6.45, 7) is 2.59. The van der Waals surface area contributed by atoms with Crippen molar-refractivity contribution < 1.29 is 19.2 Å². The van der Waals surface area contributed by atoms with E-state index in [1.807, 2.05) is 0 Å². The van der Waals surface area contributed by atoms with Crippen LogP contribution in [0.3, 0.4) is 0 Å². The van der Waals surface area contributed by atoms with E-state index in [0.29, 0.717) is 0 Å². The number of hydrogen-bond donors (Lipinski definition) is 4. The van der Waals surface area contributed by atoms with Gasteiger partial charge in [-0.3, -0.25) is 19.2 Å². The van der Waals surface area contributed by atoms with E-state index in [9.17, 15) is 19.2 Å². The maximum atomic E-state index is 11.5. The van der Waals surface area contributed by atoms with Gasteiger partial charge in [0.15, 0.2) is 0 Å². The van der Waals surface area contributed by atoms with E-state index in [0.717, 1.165) is 0 Å². The van der Waals surface area contributed by atoms with Gasteiger partial charge in [0, 0.05) is 32.4 Å². The van der Waals surface area contributed by atoms with Crippen molar-refractivity contribution in [1.82, 2.24) is 16.0 Å². The summed E-state index contributed by atoms with van der Waals surface area (Å²) in [5, 5.41) is 7.35. The van der Waals surface area contributed by atoms with E-state index in [1.165, 1.54) is 32.7 Å². The molecule has 0 spiro atoms. The molecule has 0 aromatic rings. The molecule has 0 radical (unpaired) electrons. The molecule has 0 saturated carbocycles. The van der Waals surface area contributed by atoms with Gasteiger partial charge in [0.05, 0.1) is 0 Å². The van der Waals surface area contributed by atoms with Gasteiger partial charge in [-0.1, -0.05) is 0 Å². The van der Waals surface area contributed by atoms with Crippen LogP contribution in [0.25, 0.3) is 0 Å². The average Bonchev–Trinajstić information content (AvgIpc) is 2.34. The molecule has 0 fully saturated rings. The molecule has 0 rings (SSSR count). The fourth-order valence-electron chi connectivity index (χ4n) is 1.35. The predicted octanol–water partition coefficient (Wildman–Crippen LogP) is -2.04. The zero-order valence-electron chi connectivity index (χ0n) is 11.7. The van der Waals surface area contributed by atoms with Gasteiger partial charge < -0.3 is 21.7 Å². The molecule has 0 aliphatic rings. The molecule has 0 aliphatic heterocycles. The summed E-state index contributed by atoms with van der Waals surface area (Å²) in [4.78, 5) is 44.6. The van der Waals surface area contributed by atoms with Crippen molar-refractivity contribution in [3.05, 3.63) is 0 Å². The molecule has 0 bridgehead atoms. The van der Waals surface area contributed by atoms with E-state index in [2.05, 4.69) is 16.0 Å². The number of carbonyl (C=O) groups is 4. The number of hydrogen-bond acceptors (Lipinski definition) is 5. The molecule has 2 atom stereocenters. The summed E-state index contributed by atoms with van der Waals surface area (Å²) in [5.74, 6) is -1.18. The molecule has 9 heteroatoms. The highest BCUT2D eigenvalue weighted by atomic mass is 32.2. The molecule has 0 aromatic heterocycles. The molecule has 0 aliphatic carbocycles. The molecule has 0 heterocycles. The van der Waals surface area contributed by atoms with Gasteiger partial charge in [0.25, 0.3) is 0 Å². The summed E-state index contributed by atoms with van der Waals surface area (Å²) in [6, 6.07) is -1.51. The standard InChI is InChI=1S/C11H20N4O4S/c1-6(16)14-8(10(12)18)4-20-5-9(11(19)13-3)15-7(2)17/h8-9H,4-5H2,1-3H3,(H2,12,18)(H,13,19)(H,14,16)(H,15,17). The minimum atomic E-state index is -0.805. The Hall–Kier alpha value is -1.77. The summed E-state index contributed by atoms with van der Waals surface area (Å²) in [7, 11) is 1.46. The van der Waals surface area contributed by atoms with Crippen molar-refractivity contribution >= 4 is 35.4 Å². The lowest BCUT2D eigenvalue weighted by Gasteiger charge is -2.18. The predicted molar refractivity (Wildman–Crippen MR) is 75.8 cm³/mol. The lowest BCUT2D eigenvalue weighted by molar-refractivity contribution is -0.127. The summed E-state index contributed by atoms with van der Waals surface area (Å²) in [5.41, 5.74) is 5.15. The molecule has 4 amide bonds. The third-order valence-electron chi connectivity index (χ3n) is 2.23. The highest BCUT2D eigenvalue weighted by molar-refractivity contribution is 7.99. The van der Waals surface area contributed by atoms with Crippen molar-refractivity contribution in [3.63, 3.8) is 0 Å². The monoisotopic (exact) mass is 304 g/mol. The molecule has 20 heavy (non-hydrogen) atoms. The van der Waals surface area contributed by atoms with E-state index in [1.54, 1.807) is 0 Å². The maximum Gasteiger partial charge on any atom is 0.243 e. The molecule has 8 nitrogen and oxygen atoms in total. The zero-order valence-corrected chi connectivity index (χ0v) is 12.5.